The van der Waals surface area contributed by atoms with E-state index in [1.165, 1.54) is 0 Å². The molecule has 2 aromatic rings. The van der Waals surface area contributed by atoms with Crippen molar-refractivity contribution in [1.29, 1.82) is 0 Å². The van der Waals surface area contributed by atoms with Gasteiger partial charge in [-0.05, 0) is 19.1 Å². The van der Waals surface area contributed by atoms with Gasteiger partial charge in [0.05, 0.1) is 13.2 Å². The molecule has 26 heavy (non-hydrogen) atoms. The molecular formula is C18H22N4O4. The molecule has 1 saturated heterocycles. The number of amides is 3. The smallest absolute Gasteiger partial charge is 0.409 e. The third kappa shape index (κ3) is 3.96. The van der Waals surface area contributed by atoms with Crippen LogP contribution >= 0.6 is 0 Å². The minimum atomic E-state index is -0.355. The molecule has 1 aliphatic rings. The number of hydrogen-bond acceptors (Lipinski definition) is 4. The first kappa shape index (κ1) is 17.8. The van der Waals surface area contributed by atoms with Crippen LogP contribution in [0.25, 0.3) is 10.9 Å². The van der Waals surface area contributed by atoms with E-state index < -0.39 is 0 Å². The summed E-state index contributed by atoms with van der Waals surface area (Å²) in [6.07, 6.45) is -0.355. The second-order valence-electron chi connectivity index (χ2n) is 6.02. The molecular weight excluding hydrogens is 336 g/mol. The van der Waals surface area contributed by atoms with Crippen LogP contribution in [-0.4, -0.2) is 72.0 Å². The average molecular weight is 358 g/mol. The van der Waals surface area contributed by atoms with Gasteiger partial charge in [-0.15, -0.1) is 0 Å². The fourth-order valence-electron chi connectivity index (χ4n) is 2.91. The number of carbonyl (C=O) groups is 3. The van der Waals surface area contributed by atoms with Crippen molar-refractivity contribution in [3.8, 4) is 0 Å². The van der Waals surface area contributed by atoms with Crippen molar-refractivity contribution < 1.29 is 19.1 Å². The zero-order valence-corrected chi connectivity index (χ0v) is 14.7. The molecule has 8 heteroatoms. The number of rotatable bonds is 4. The van der Waals surface area contributed by atoms with E-state index in [9.17, 15) is 14.4 Å². The van der Waals surface area contributed by atoms with E-state index in [0.29, 0.717) is 38.5 Å². The average Bonchev–Trinajstić information content (AvgIpc) is 3.10. The van der Waals surface area contributed by atoms with E-state index in [4.69, 9.17) is 4.74 Å². The molecule has 138 valence electrons. The van der Waals surface area contributed by atoms with E-state index in [1.807, 2.05) is 24.3 Å². The molecule has 0 atom stereocenters. The molecule has 3 rings (SSSR count). The highest BCUT2D eigenvalue weighted by Crippen LogP contribution is 2.14. The van der Waals surface area contributed by atoms with Gasteiger partial charge >= 0.3 is 6.09 Å². The molecule has 0 aliphatic carbocycles. The van der Waals surface area contributed by atoms with E-state index in [1.54, 1.807) is 22.8 Å². The molecule has 2 N–H and O–H groups in total. The summed E-state index contributed by atoms with van der Waals surface area (Å²) in [5.41, 5.74) is 1.30. The second-order valence-corrected chi connectivity index (χ2v) is 6.02. The van der Waals surface area contributed by atoms with Crippen molar-refractivity contribution in [3.05, 3.63) is 36.0 Å². The lowest BCUT2D eigenvalue weighted by atomic mass is 10.2. The van der Waals surface area contributed by atoms with Crippen LogP contribution in [0.5, 0.6) is 0 Å². The Kier molecular flexibility index (Phi) is 5.40. The van der Waals surface area contributed by atoms with Crippen molar-refractivity contribution in [2.24, 2.45) is 0 Å². The predicted octanol–water partition coefficient (Wildman–Crippen LogP) is 1.20. The van der Waals surface area contributed by atoms with Gasteiger partial charge in [0.15, 0.2) is 0 Å². The minimum Gasteiger partial charge on any atom is -0.450 e. The van der Waals surface area contributed by atoms with Gasteiger partial charge in [-0.3, -0.25) is 9.59 Å². The number of benzene rings is 1. The van der Waals surface area contributed by atoms with Crippen molar-refractivity contribution in [2.75, 3.05) is 39.3 Å². The van der Waals surface area contributed by atoms with Gasteiger partial charge in [0.1, 0.15) is 5.69 Å². The molecule has 1 aromatic heterocycles. The van der Waals surface area contributed by atoms with Crippen molar-refractivity contribution in [1.82, 2.24) is 20.1 Å². The van der Waals surface area contributed by atoms with Crippen LogP contribution in [-0.2, 0) is 9.53 Å². The van der Waals surface area contributed by atoms with Gasteiger partial charge < -0.3 is 24.8 Å². The Morgan fingerprint density at radius 2 is 1.81 bits per heavy atom. The fourth-order valence-corrected chi connectivity index (χ4v) is 2.91. The summed E-state index contributed by atoms with van der Waals surface area (Å²) < 4.78 is 4.95. The van der Waals surface area contributed by atoms with Crippen LogP contribution in [0.15, 0.2) is 30.3 Å². The van der Waals surface area contributed by atoms with Gasteiger partial charge in [-0.25, -0.2) is 4.79 Å². The predicted molar refractivity (Wildman–Crippen MR) is 95.8 cm³/mol. The number of piperazine rings is 1. The Bertz CT molecular complexity index is 775. The highest BCUT2D eigenvalue weighted by Gasteiger charge is 2.25. The molecule has 0 radical (unpaired) electrons. The van der Waals surface area contributed by atoms with Crippen molar-refractivity contribution in [3.63, 3.8) is 0 Å². The molecule has 1 fully saturated rings. The lowest BCUT2D eigenvalue weighted by molar-refractivity contribution is -0.131. The molecule has 0 saturated carbocycles. The summed E-state index contributed by atoms with van der Waals surface area (Å²) in [6, 6.07) is 9.35. The first-order valence-corrected chi connectivity index (χ1v) is 8.64. The van der Waals surface area contributed by atoms with Crippen molar-refractivity contribution in [2.45, 2.75) is 6.92 Å². The zero-order chi connectivity index (χ0) is 18.5. The second kappa shape index (κ2) is 7.90. The van der Waals surface area contributed by atoms with Crippen LogP contribution in [0.2, 0.25) is 0 Å². The number of H-pyrrole nitrogens is 1. The van der Waals surface area contributed by atoms with Crippen LogP contribution < -0.4 is 5.32 Å². The number of para-hydroxylation sites is 1. The fraction of sp³-hybridized carbons (Fsp3) is 0.389. The van der Waals surface area contributed by atoms with Gasteiger partial charge in [0, 0.05) is 37.1 Å². The summed E-state index contributed by atoms with van der Waals surface area (Å²) in [4.78, 5) is 42.4. The quantitative estimate of drug-likeness (QED) is 0.859. The van der Waals surface area contributed by atoms with E-state index in [2.05, 4.69) is 10.3 Å². The maximum atomic E-state index is 12.3. The number of carbonyl (C=O) groups excluding carboxylic acids is 3. The van der Waals surface area contributed by atoms with Gasteiger partial charge in [0.25, 0.3) is 5.91 Å². The summed E-state index contributed by atoms with van der Waals surface area (Å²) in [5, 5.41) is 3.59. The number of hydrogen-bond donors (Lipinski definition) is 2. The molecule has 8 nitrogen and oxygen atoms in total. The lowest BCUT2D eigenvalue weighted by Crippen LogP contribution is -2.52. The van der Waals surface area contributed by atoms with Gasteiger partial charge in [-0.2, -0.15) is 0 Å². The molecule has 1 aromatic carbocycles. The Balaban J connectivity index is 1.48. The first-order valence-electron chi connectivity index (χ1n) is 8.64. The number of ether oxygens (including phenoxy) is 1. The molecule has 3 amide bonds. The Hall–Kier alpha value is -3.03. The number of aromatic nitrogens is 1. The number of fused-ring (bicyclic) bond motifs is 1. The minimum absolute atomic E-state index is 0.0758. The van der Waals surface area contributed by atoms with Crippen molar-refractivity contribution >= 4 is 28.8 Å². The monoisotopic (exact) mass is 358 g/mol. The molecule has 0 unspecified atom stereocenters. The summed E-state index contributed by atoms with van der Waals surface area (Å²) in [6.45, 7) is 3.74. The third-order valence-electron chi connectivity index (χ3n) is 4.33. The SMILES string of the molecule is CCOC(=O)N1CCN(C(=O)CNC(=O)c2cc3ccccc3[nH]2)CC1. The van der Waals surface area contributed by atoms with E-state index in [-0.39, 0.29) is 24.5 Å². The first-order chi connectivity index (χ1) is 12.6. The molecule has 0 bridgehead atoms. The molecule has 1 aliphatic heterocycles. The highest BCUT2D eigenvalue weighted by molar-refractivity contribution is 5.99. The standard InChI is InChI=1S/C18H22N4O4/c1-2-26-18(25)22-9-7-21(8-10-22)16(23)12-19-17(24)15-11-13-5-3-4-6-14(13)20-15/h3-6,11,20H,2,7-10,12H2,1H3,(H,19,24). The molecule has 0 spiro atoms. The molecule has 2 heterocycles. The summed E-state index contributed by atoms with van der Waals surface area (Å²) in [5.74, 6) is -0.488. The largest absolute Gasteiger partial charge is 0.450 e. The third-order valence-corrected chi connectivity index (χ3v) is 4.33. The topological polar surface area (TPSA) is 94.7 Å². The van der Waals surface area contributed by atoms with Gasteiger partial charge in [-0.1, -0.05) is 18.2 Å². The zero-order valence-electron chi connectivity index (χ0n) is 14.7. The lowest BCUT2D eigenvalue weighted by Gasteiger charge is -2.34. The van der Waals surface area contributed by atoms with E-state index in [0.717, 1.165) is 10.9 Å². The number of nitrogens with one attached hydrogen (secondary N) is 2. The Morgan fingerprint density at radius 3 is 2.50 bits per heavy atom. The Labute approximate surface area is 151 Å². The van der Waals surface area contributed by atoms with Crippen LogP contribution in [0.4, 0.5) is 4.79 Å². The van der Waals surface area contributed by atoms with E-state index >= 15 is 0 Å². The van der Waals surface area contributed by atoms with Crippen LogP contribution in [0.1, 0.15) is 17.4 Å². The number of aromatic amines is 1. The maximum absolute atomic E-state index is 12.3. The highest BCUT2D eigenvalue weighted by atomic mass is 16.6. The number of nitrogens with zero attached hydrogens (tertiary/aromatic N) is 2. The normalized spacial score (nSPS) is 14.3. The summed E-state index contributed by atoms with van der Waals surface area (Å²) >= 11 is 0. The van der Waals surface area contributed by atoms with Crippen LogP contribution in [0.3, 0.4) is 0 Å². The Morgan fingerprint density at radius 1 is 1.12 bits per heavy atom. The van der Waals surface area contributed by atoms with Crippen LogP contribution in [0, 0.1) is 0 Å². The maximum Gasteiger partial charge on any atom is 0.409 e. The summed E-state index contributed by atoms with van der Waals surface area (Å²) in [7, 11) is 0. The van der Waals surface area contributed by atoms with Gasteiger partial charge in [0.2, 0.25) is 5.91 Å².